The molecule has 0 radical (unpaired) electrons. The van der Waals surface area contributed by atoms with E-state index in [1.54, 1.807) is 6.92 Å². The Morgan fingerprint density at radius 2 is 1.50 bits per heavy atom. The summed E-state index contributed by atoms with van der Waals surface area (Å²) in [5.74, 6) is 0. The lowest BCUT2D eigenvalue weighted by Gasteiger charge is -2.28. The lowest BCUT2D eigenvalue weighted by Crippen LogP contribution is -2.68. The van der Waals surface area contributed by atoms with Gasteiger partial charge in [0, 0.05) is 0 Å². The van der Waals surface area contributed by atoms with Crippen molar-refractivity contribution in [3.8, 4) is 0 Å². The van der Waals surface area contributed by atoms with Crippen molar-refractivity contribution in [1.82, 2.24) is 0 Å². The van der Waals surface area contributed by atoms with Crippen LogP contribution in [0.3, 0.4) is 0 Å². The van der Waals surface area contributed by atoms with E-state index < -0.39 is 32.2 Å². The van der Waals surface area contributed by atoms with E-state index in [1.165, 1.54) is 0 Å². The van der Waals surface area contributed by atoms with Crippen LogP contribution in [0, 0.1) is 20.5 Å². The van der Waals surface area contributed by atoms with Crippen LogP contribution in [0.25, 0.3) is 0 Å². The smallest absolute Gasteiger partial charge is 0.183 e. The van der Waals surface area contributed by atoms with Gasteiger partial charge in [-0.2, -0.15) is 28.0 Å². The second-order valence-corrected chi connectivity index (χ2v) is 6.00. The Hall–Kier alpha value is 0.260. The summed E-state index contributed by atoms with van der Waals surface area (Å²) in [4.78, 5) is 0. The van der Waals surface area contributed by atoms with Crippen LogP contribution >= 0.6 is 0 Å². The summed E-state index contributed by atoms with van der Waals surface area (Å²) in [5, 5.41) is 0. The van der Waals surface area contributed by atoms with E-state index >= 15 is 0 Å². The molecule has 0 spiro atoms. The summed E-state index contributed by atoms with van der Waals surface area (Å²) in [5.41, 5.74) is -1.76. The maximum absolute atomic E-state index is 10.5. The third kappa shape index (κ3) is 8.38. The van der Waals surface area contributed by atoms with Gasteiger partial charge >= 0.3 is 0 Å². The van der Waals surface area contributed by atoms with Crippen molar-refractivity contribution in [2.24, 2.45) is 0 Å². The van der Waals surface area contributed by atoms with Crippen LogP contribution in [-0.4, -0.2) is 11.7 Å². The van der Waals surface area contributed by atoms with Gasteiger partial charge in [0.25, 0.3) is 11.7 Å². The molecule has 0 aliphatic carbocycles. The molecule has 0 saturated carbocycles. The Labute approximate surface area is 109 Å². The van der Waals surface area contributed by atoms with Gasteiger partial charge in [0.15, 0.2) is 0 Å². The van der Waals surface area contributed by atoms with Crippen LogP contribution in [-0.2, 0) is 8.58 Å². The number of halogens is 2. The first-order chi connectivity index (χ1) is 7.87. The van der Waals surface area contributed by atoms with Gasteiger partial charge in [0.05, 0.1) is 29.1 Å². The van der Waals surface area contributed by atoms with E-state index in [0.717, 1.165) is 13.8 Å². The minimum atomic E-state index is -4.76. The van der Waals surface area contributed by atoms with E-state index in [0.29, 0.717) is 12.8 Å². The molecule has 110 valence electrons. The van der Waals surface area contributed by atoms with Gasteiger partial charge in [0.1, 0.15) is 0 Å². The predicted molar refractivity (Wildman–Crippen MR) is 39.6 cm³/mol. The first-order valence-electron chi connectivity index (χ1n) is 5.08. The van der Waals surface area contributed by atoms with E-state index in [1.807, 2.05) is 0 Å². The maximum atomic E-state index is 10.5. The molecule has 10 heteroatoms. The highest BCUT2D eigenvalue weighted by Gasteiger charge is 2.52. The second kappa shape index (κ2) is 6.62. The topological polar surface area (TPSA) is 157 Å². The highest BCUT2D eigenvalue weighted by molar-refractivity contribution is 4.77. The molecule has 0 aliphatic rings. The number of unbranched alkanes of at least 4 members (excludes halogenated alkanes) is 1. The average Bonchev–Trinajstić information content (AvgIpc) is 2.05. The molecule has 0 aromatic carbocycles. The summed E-state index contributed by atoms with van der Waals surface area (Å²) in [6, 6.07) is 0. The fraction of sp³-hybridized carbons (Fsp3) is 1.00. The van der Waals surface area contributed by atoms with Gasteiger partial charge in [-0.25, -0.2) is 0 Å². The molecule has 18 heavy (non-hydrogen) atoms. The van der Waals surface area contributed by atoms with E-state index in [9.17, 15) is 28.0 Å². The summed E-state index contributed by atoms with van der Waals surface area (Å²) in [6.45, 7) is 4.10. The third-order valence-corrected chi connectivity index (χ3v) is 3.13. The van der Waals surface area contributed by atoms with Crippen LogP contribution in [0.15, 0.2) is 0 Å². The highest BCUT2D eigenvalue weighted by Crippen LogP contribution is 2.26. The molecule has 0 aliphatic heterocycles. The molecular formula is C8H16Cl2O8. The fourth-order valence-corrected chi connectivity index (χ4v) is 2.47. The average molecular weight is 311 g/mol. The lowest BCUT2D eigenvalue weighted by molar-refractivity contribution is -1.93. The molecule has 0 amide bonds. The van der Waals surface area contributed by atoms with Gasteiger partial charge in [-0.1, -0.05) is 19.8 Å². The van der Waals surface area contributed by atoms with E-state index in [2.05, 4.69) is 8.58 Å². The molecule has 8 nitrogen and oxygen atoms in total. The Morgan fingerprint density at radius 3 is 1.83 bits per heavy atom. The zero-order valence-electron chi connectivity index (χ0n) is 10.2. The minimum absolute atomic E-state index is 0.0585. The fourth-order valence-electron chi connectivity index (χ4n) is 1.31. The summed E-state index contributed by atoms with van der Waals surface area (Å²) < 4.78 is 71.5. The van der Waals surface area contributed by atoms with Crippen molar-refractivity contribution in [3.63, 3.8) is 0 Å². The van der Waals surface area contributed by atoms with Gasteiger partial charge in [0.2, 0.25) is 0 Å². The van der Waals surface area contributed by atoms with E-state index in [-0.39, 0.29) is 6.42 Å². The van der Waals surface area contributed by atoms with Crippen LogP contribution in [0.2, 0.25) is 0 Å². The van der Waals surface area contributed by atoms with Crippen molar-refractivity contribution in [2.45, 2.75) is 51.7 Å². The Morgan fingerprint density at radius 1 is 1.00 bits per heavy atom. The molecule has 0 fully saturated rings. The lowest BCUT2D eigenvalue weighted by atomic mass is 9.97. The Kier molecular flexibility index (Phi) is 6.71. The van der Waals surface area contributed by atoms with Crippen molar-refractivity contribution < 1.29 is 57.0 Å². The number of rotatable bonds is 8. The molecule has 0 N–H and O–H groups in total. The second-order valence-electron chi connectivity index (χ2n) is 4.16. The molecule has 0 aromatic rings. The Balaban J connectivity index is 4.81. The normalized spacial score (nSPS) is 15.8. The SMILES string of the molecule is CCCCC(O[Cl+3]([O-])([O-])[O-])C(C)(C)O[Cl+3]([O-])([O-])[O-]. The third-order valence-electron chi connectivity index (χ3n) is 2.11. The van der Waals surface area contributed by atoms with Gasteiger partial charge in [-0.3, -0.25) is 0 Å². The molecule has 0 aromatic heterocycles. The van der Waals surface area contributed by atoms with Crippen molar-refractivity contribution in [1.29, 1.82) is 0 Å². The zero-order valence-corrected chi connectivity index (χ0v) is 11.7. The molecule has 0 heterocycles. The van der Waals surface area contributed by atoms with Crippen LogP contribution in [0.1, 0.15) is 40.0 Å². The van der Waals surface area contributed by atoms with Gasteiger partial charge in [-0.15, -0.1) is 0 Å². The van der Waals surface area contributed by atoms with E-state index in [4.69, 9.17) is 0 Å². The van der Waals surface area contributed by atoms with Gasteiger partial charge in [-0.05, 0) is 20.3 Å². The van der Waals surface area contributed by atoms with Crippen molar-refractivity contribution in [3.05, 3.63) is 0 Å². The summed E-state index contributed by atoms with van der Waals surface area (Å²) in [7, 11) is -9.50. The number of hydrogen-bond acceptors (Lipinski definition) is 8. The molecular weight excluding hydrogens is 295 g/mol. The molecule has 1 atom stereocenters. The number of hydrogen-bond donors (Lipinski definition) is 0. The largest absolute Gasteiger partial charge is 0.260 e. The minimum Gasteiger partial charge on any atom is -0.183 e. The first kappa shape index (κ1) is 18.3. The zero-order chi connectivity index (χ0) is 14.6. The maximum Gasteiger partial charge on any atom is 0.260 e. The van der Waals surface area contributed by atoms with Crippen molar-refractivity contribution in [2.75, 3.05) is 0 Å². The summed E-state index contributed by atoms with van der Waals surface area (Å²) >= 11 is 0. The molecule has 0 rings (SSSR count). The van der Waals surface area contributed by atoms with Crippen LogP contribution < -0.4 is 28.0 Å². The highest BCUT2D eigenvalue weighted by atomic mass is 35.7. The molecule has 1 unspecified atom stereocenters. The van der Waals surface area contributed by atoms with Crippen molar-refractivity contribution >= 4 is 0 Å². The summed E-state index contributed by atoms with van der Waals surface area (Å²) in [6.07, 6.45) is -0.174. The molecule has 0 saturated heterocycles. The first-order valence-corrected chi connectivity index (χ1v) is 7.55. The standard InChI is InChI=1S/C8H16Cl2O8/c1-4-5-6-7(17-9(11,12)13)8(2,3)18-10(14,15)16/h7H,4-6H2,1-3H3. The predicted octanol–water partition coefficient (Wildman–Crippen LogP) is -4.85. The molecule has 0 bridgehead atoms. The Bertz CT molecular complexity index is 246. The van der Waals surface area contributed by atoms with Crippen LogP contribution in [0.5, 0.6) is 0 Å². The van der Waals surface area contributed by atoms with Crippen LogP contribution in [0.4, 0.5) is 0 Å². The van der Waals surface area contributed by atoms with Gasteiger partial charge < -0.3 is 0 Å². The quantitative estimate of drug-likeness (QED) is 0.432. The monoisotopic (exact) mass is 310 g/mol.